The minimum atomic E-state index is -0.289. The summed E-state index contributed by atoms with van der Waals surface area (Å²) >= 11 is 0. The number of hydrogen-bond donors (Lipinski definition) is 3. The van der Waals surface area contributed by atoms with Crippen molar-refractivity contribution in [1.82, 2.24) is 16.0 Å². The predicted molar refractivity (Wildman–Crippen MR) is 112 cm³/mol. The van der Waals surface area contributed by atoms with E-state index in [1.807, 2.05) is 31.2 Å². The molecule has 2 amide bonds. The molecule has 27 heavy (non-hydrogen) atoms. The van der Waals surface area contributed by atoms with E-state index in [1.165, 1.54) is 45.4 Å². The molecule has 0 heterocycles. The first-order chi connectivity index (χ1) is 12.5. The van der Waals surface area contributed by atoms with Crippen LogP contribution in [-0.2, 0) is 9.59 Å². The molecule has 0 aromatic heterocycles. The molecule has 1 saturated carbocycles. The van der Waals surface area contributed by atoms with Gasteiger partial charge in [-0.05, 0) is 25.3 Å². The smallest absolute Gasteiger partial charge is 0.222 e. The maximum atomic E-state index is 12.3. The lowest BCUT2D eigenvalue weighted by Crippen LogP contribution is -2.38. The van der Waals surface area contributed by atoms with Crippen LogP contribution in [0.25, 0.3) is 0 Å². The number of carbonyl (C=O) groups is 2. The van der Waals surface area contributed by atoms with Crippen molar-refractivity contribution < 1.29 is 9.59 Å². The van der Waals surface area contributed by atoms with Crippen LogP contribution < -0.4 is 16.0 Å². The van der Waals surface area contributed by atoms with Crippen LogP contribution in [0.4, 0.5) is 0 Å². The van der Waals surface area contributed by atoms with E-state index < -0.39 is 0 Å². The van der Waals surface area contributed by atoms with Crippen molar-refractivity contribution >= 4 is 24.2 Å². The number of hydrogen-bond acceptors (Lipinski definition) is 3. The third-order valence-corrected chi connectivity index (χ3v) is 4.98. The van der Waals surface area contributed by atoms with Crippen LogP contribution in [0.2, 0.25) is 0 Å². The molecule has 1 fully saturated rings. The zero-order valence-corrected chi connectivity index (χ0v) is 17.4. The predicted octanol–water partition coefficient (Wildman–Crippen LogP) is 3.41. The minimum absolute atomic E-state index is 0. The van der Waals surface area contributed by atoms with E-state index in [9.17, 15) is 9.59 Å². The highest BCUT2D eigenvalue weighted by Crippen LogP contribution is 2.18. The molecular weight excluding hydrogens is 362 g/mol. The second kappa shape index (κ2) is 12.7. The van der Waals surface area contributed by atoms with E-state index in [4.69, 9.17) is 0 Å². The summed E-state index contributed by atoms with van der Waals surface area (Å²) < 4.78 is 0. The summed E-state index contributed by atoms with van der Waals surface area (Å²) in [5.74, 6) is -0.162. The average Bonchev–Trinajstić information content (AvgIpc) is 2.87. The first-order valence-corrected chi connectivity index (χ1v) is 9.88. The molecule has 1 unspecified atom stereocenters. The number of aryl methyl sites for hydroxylation is 1. The van der Waals surface area contributed by atoms with Gasteiger partial charge in [-0.1, -0.05) is 55.5 Å². The summed E-state index contributed by atoms with van der Waals surface area (Å²) in [7, 11) is 0. The summed E-state index contributed by atoms with van der Waals surface area (Å²) in [4.78, 5) is 23.8. The van der Waals surface area contributed by atoms with Crippen LogP contribution in [0.1, 0.15) is 69.0 Å². The van der Waals surface area contributed by atoms with Gasteiger partial charge in [0.1, 0.15) is 0 Å². The Bertz CT molecular complexity index is 569. The second-order valence-electron chi connectivity index (χ2n) is 7.36. The Balaban J connectivity index is 0.00000364. The van der Waals surface area contributed by atoms with Crippen molar-refractivity contribution in [3.63, 3.8) is 0 Å². The fraction of sp³-hybridized carbons (Fsp3) is 0.619. The lowest BCUT2D eigenvalue weighted by Gasteiger charge is -2.19. The van der Waals surface area contributed by atoms with Gasteiger partial charge in [0.25, 0.3) is 0 Å². The largest absolute Gasteiger partial charge is 0.355 e. The van der Waals surface area contributed by atoms with Crippen molar-refractivity contribution in [2.24, 2.45) is 0 Å². The van der Waals surface area contributed by atoms with E-state index in [0.717, 1.165) is 17.7 Å². The Labute approximate surface area is 169 Å². The number of halogens is 1. The van der Waals surface area contributed by atoms with Crippen LogP contribution in [0.5, 0.6) is 0 Å². The van der Waals surface area contributed by atoms with Crippen LogP contribution >= 0.6 is 12.4 Å². The van der Waals surface area contributed by atoms with E-state index in [-0.39, 0.29) is 36.7 Å². The molecule has 0 bridgehead atoms. The molecule has 1 atom stereocenters. The van der Waals surface area contributed by atoms with Gasteiger partial charge < -0.3 is 16.0 Å². The zero-order valence-electron chi connectivity index (χ0n) is 16.6. The van der Waals surface area contributed by atoms with Gasteiger partial charge in [-0.25, -0.2) is 0 Å². The van der Waals surface area contributed by atoms with Crippen molar-refractivity contribution in [2.75, 3.05) is 13.1 Å². The van der Waals surface area contributed by atoms with Gasteiger partial charge in [-0.2, -0.15) is 0 Å². The maximum Gasteiger partial charge on any atom is 0.222 e. The molecular formula is C21H34ClN3O2. The van der Waals surface area contributed by atoms with Crippen molar-refractivity contribution in [3.05, 3.63) is 35.4 Å². The third-order valence-electron chi connectivity index (χ3n) is 4.98. The highest BCUT2D eigenvalue weighted by molar-refractivity contribution is 5.85. The Hall–Kier alpha value is -1.59. The summed E-state index contributed by atoms with van der Waals surface area (Å²) in [5.41, 5.74) is 2.11. The molecule has 6 heteroatoms. The van der Waals surface area contributed by atoms with E-state index in [2.05, 4.69) is 16.0 Å². The second-order valence-corrected chi connectivity index (χ2v) is 7.36. The third kappa shape index (κ3) is 9.25. The van der Waals surface area contributed by atoms with Gasteiger partial charge in [0.2, 0.25) is 11.8 Å². The van der Waals surface area contributed by atoms with Crippen molar-refractivity contribution in [3.8, 4) is 0 Å². The van der Waals surface area contributed by atoms with Crippen LogP contribution in [0, 0.1) is 6.92 Å². The lowest BCUT2D eigenvalue weighted by atomic mass is 10.0. The topological polar surface area (TPSA) is 70.2 Å². The fourth-order valence-electron chi connectivity index (χ4n) is 3.52. The molecule has 1 aromatic carbocycles. The highest BCUT2D eigenvalue weighted by atomic mass is 35.5. The average molecular weight is 396 g/mol. The van der Waals surface area contributed by atoms with Gasteiger partial charge >= 0.3 is 0 Å². The molecule has 2 rings (SSSR count). The van der Waals surface area contributed by atoms with Gasteiger partial charge in [-0.3, -0.25) is 9.59 Å². The molecule has 1 aliphatic carbocycles. The summed E-state index contributed by atoms with van der Waals surface area (Å²) in [6.07, 6.45) is 8.04. The molecule has 1 aliphatic rings. The highest BCUT2D eigenvalue weighted by Gasteiger charge is 2.17. The van der Waals surface area contributed by atoms with Crippen LogP contribution in [-0.4, -0.2) is 30.9 Å². The van der Waals surface area contributed by atoms with Crippen LogP contribution in [0.15, 0.2) is 24.3 Å². The Morgan fingerprint density at radius 2 is 1.67 bits per heavy atom. The Kier molecular flexibility index (Phi) is 11.1. The first kappa shape index (κ1) is 23.4. The lowest BCUT2D eigenvalue weighted by molar-refractivity contribution is -0.122. The zero-order chi connectivity index (χ0) is 18.8. The fourth-order valence-corrected chi connectivity index (χ4v) is 3.52. The monoisotopic (exact) mass is 395 g/mol. The molecule has 0 spiro atoms. The van der Waals surface area contributed by atoms with Crippen molar-refractivity contribution in [1.29, 1.82) is 0 Å². The molecule has 3 N–H and O–H groups in total. The van der Waals surface area contributed by atoms with E-state index in [1.54, 1.807) is 0 Å². The van der Waals surface area contributed by atoms with Gasteiger partial charge in [0.05, 0.1) is 12.5 Å². The molecule has 0 saturated heterocycles. The summed E-state index contributed by atoms with van der Waals surface area (Å²) in [5, 5.41) is 9.41. The Morgan fingerprint density at radius 3 is 2.26 bits per heavy atom. The molecule has 0 radical (unpaired) electrons. The van der Waals surface area contributed by atoms with E-state index >= 15 is 0 Å². The van der Waals surface area contributed by atoms with Gasteiger partial charge in [0.15, 0.2) is 0 Å². The normalized spacial score (nSPS) is 15.9. The quantitative estimate of drug-likeness (QED) is 0.466. The first-order valence-electron chi connectivity index (χ1n) is 9.88. The van der Waals surface area contributed by atoms with E-state index in [0.29, 0.717) is 12.6 Å². The standard InChI is InChI=1S/C21H33N3O2.ClH/c1-16-9-11-18(12-10-16)20(24-17(2)25)15-21(26)23-14-13-22-19-7-5-3-4-6-8-19;/h9-12,19-20,22H,3-8,13-15H2,1-2H3,(H,23,26)(H,24,25);1H. The number of amides is 2. The molecule has 1 aromatic rings. The molecule has 0 aliphatic heterocycles. The maximum absolute atomic E-state index is 12.3. The molecule has 152 valence electrons. The minimum Gasteiger partial charge on any atom is -0.355 e. The number of benzene rings is 1. The van der Waals surface area contributed by atoms with Crippen molar-refractivity contribution in [2.45, 2.75) is 70.9 Å². The number of carbonyl (C=O) groups excluding carboxylic acids is 2. The van der Waals surface area contributed by atoms with Crippen LogP contribution in [0.3, 0.4) is 0 Å². The SMILES string of the molecule is CC(=O)NC(CC(=O)NCCNC1CCCCCC1)c1ccc(C)cc1.Cl. The van der Waals surface area contributed by atoms with Gasteiger partial charge in [0, 0.05) is 26.1 Å². The number of rotatable bonds is 8. The summed E-state index contributed by atoms with van der Waals surface area (Å²) in [6, 6.07) is 8.24. The molecule has 5 nitrogen and oxygen atoms in total. The van der Waals surface area contributed by atoms with Gasteiger partial charge in [-0.15, -0.1) is 12.4 Å². The Morgan fingerprint density at radius 1 is 1.04 bits per heavy atom. The number of nitrogens with one attached hydrogen (secondary N) is 3. The summed E-state index contributed by atoms with van der Waals surface area (Å²) in [6.45, 7) is 4.92.